The second-order valence-corrected chi connectivity index (χ2v) is 8.28. The average Bonchev–Trinajstić information content (AvgIpc) is 2.70. The third kappa shape index (κ3) is 7.04. The number of methoxy groups -OCH3 is 1. The van der Waals surface area contributed by atoms with Crippen LogP contribution >= 0.6 is 0 Å². The maximum Gasteiger partial charge on any atom is 0.260 e. The first-order chi connectivity index (χ1) is 13.8. The molecule has 1 saturated carbocycles. The van der Waals surface area contributed by atoms with Gasteiger partial charge >= 0.3 is 0 Å². The van der Waals surface area contributed by atoms with Gasteiger partial charge in [0.2, 0.25) is 0 Å². The highest BCUT2D eigenvalue weighted by atomic mass is 16.5. The van der Waals surface area contributed by atoms with Gasteiger partial charge in [0.15, 0.2) is 0 Å². The minimum absolute atomic E-state index is 0.0372. The summed E-state index contributed by atoms with van der Waals surface area (Å²) in [5.41, 5.74) is 12.9. The fourth-order valence-corrected chi connectivity index (χ4v) is 4.20. The van der Waals surface area contributed by atoms with E-state index >= 15 is 0 Å². The number of ether oxygens (including phenoxy) is 1. The lowest BCUT2D eigenvalue weighted by atomic mass is 9.91. The van der Waals surface area contributed by atoms with Gasteiger partial charge in [-0.1, -0.05) is 19.3 Å². The normalized spacial score (nSPS) is 24.8. The molecule has 8 heteroatoms. The third-order valence-corrected chi connectivity index (χ3v) is 5.81. The molecule has 2 atom stereocenters. The smallest absolute Gasteiger partial charge is 0.260 e. The van der Waals surface area contributed by atoms with Gasteiger partial charge in [-0.2, -0.15) is 0 Å². The van der Waals surface area contributed by atoms with Crippen molar-refractivity contribution in [1.82, 2.24) is 15.5 Å². The molecule has 1 heterocycles. The largest absolute Gasteiger partial charge is 0.402 e. The van der Waals surface area contributed by atoms with Crippen LogP contribution in [0.25, 0.3) is 0 Å². The summed E-state index contributed by atoms with van der Waals surface area (Å²) in [6, 6.07) is 0.626. The summed E-state index contributed by atoms with van der Waals surface area (Å²) in [6.45, 7) is 5.54. The molecule has 0 bridgehead atoms. The summed E-state index contributed by atoms with van der Waals surface area (Å²) in [6.07, 6.45) is 9.06. The number of piperidine rings is 1. The third-order valence-electron chi connectivity index (χ3n) is 5.81. The minimum Gasteiger partial charge on any atom is -0.402 e. The first-order valence-electron chi connectivity index (χ1n) is 10.6. The Morgan fingerprint density at radius 2 is 1.90 bits per heavy atom. The summed E-state index contributed by atoms with van der Waals surface area (Å²) in [5.74, 6) is 0.425. The minimum atomic E-state index is -0.421. The number of carbonyl (C=O) groups excluding carboxylic acids is 1. The van der Waals surface area contributed by atoms with E-state index in [1.165, 1.54) is 39.0 Å². The molecule has 1 aliphatic heterocycles. The van der Waals surface area contributed by atoms with Crippen LogP contribution in [0.5, 0.6) is 0 Å². The molecule has 2 rings (SSSR count). The molecule has 29 heavy (non-hydrogen) atoms. The number of rotatable bonds is 7. The van der Waals surface area contributed by atoms with Crippen molar-refractivity contribution in [3.05, 3.63) is 23.2 Å². The summed E-state index contributed by atoms with van der Waals surface area (Å²) in [5, 5.41) is 13.7. The molecule has 1 amide bonds. The van der Waals surface area contributed by atoms with Crippen molar-refractivity contribution in [2.45, 2.75) is 64.5 Å². The SMILES string of the molecule is CO[C@H]1CN(/C(N)=C(/C=C(/C)N)C(=O)NC(C)=N)CC[C@H]1CNC1CCCCC1. The van der Waals surface area contributed by atoms with E-state index in [1.54, 1.807) is 20.1 Å². The van der Waals surface area contributed by atoms with E-state index in [1.807, 2.05) is 4.90 Å². The Morgan fingerprint density at radius 3 is 2.48 bits per heavy atom. The van der Waals surface area contributed by atoms with E-state index in [9.17, 15) is 4.79 Å². The number of nitrogens with one attached hydrogen (secondary N) is 3. The van der Waals surface area contributed by atoms with Crippen LogP contribution in [0.3, 0.4) is 0 Å². The van der Waals surface area contributed by atoms with Gasteiger partial charge in [0, 0.05) is 44.4 Å². The van der Waals surface area contributed by atoms with Crippen molar-refractivity contribution < 1.29 is 9.53 Å². The Balaban J connectivity index is 2.06. The Morgan fingerprint density at radius 1 is 1.21 bits per heavy atom. The highest BCUT2D eigenvalue weighted by Crippen LogP contribution is 2.24. The highest BCUT2D eigenvalue weighted by Gasteiger charge is 2.31. The van der Waals surface area contributed by atoms with Gasteiger partial charge in [0.1, 0.15) is 5.82 Å². The summed E-state index contributed by atoms with van der Waals surface area (Å²) in [7, 11) is 1.73. The van der Waals surface area contributed by atoms with E-state index < -0.39 is 5.91 Å². The fourth-order valence-electron chi connectivity index (χ4n) is 4.20. The summed E-state index contributed by atoms with van der Waals surface area (Å²) >= 11 is 0. The van der Waals surface area contributed by atoms with E-state index in [-0.39, 0.29) is 17.5 Å². The van der Waals surface area contributed by atoms with E-state index in [0.29, 0.717) is 30.0 Å². The topological polar surface area (TPSA) is 129 Å². The average molecular weight is 407 g/mol. The molecule has 0 aromatic heterocycles. The van der Waals surface area contributed by atoms with Crippen molar-refractivity contribution in [2.24, 2.45) is 17.4 Å². The zero-order valence-electron chi connectivity index (χ0n) is 18.1. The number of nitrogens with two attached hydrogens (primary N) is 2. The Hall–Kier alpha value is -2.06. The number of hydrogen-bond donors (Lipinski definition) is 5. The quantitative estimate of drug-likeness (QED) is 0.188. The molecule has 8 nitrogen and oxygen atoms in total. The van der Waals surface area contributed by atoms with Gasteiger partial charge in [-0.3, -0.25) is 10.2 Å². The molecule has 0 unspecified atom stereocenters. The van der Waals surface area contributed by atoms with Crippen molar-refractivity contribution in [2.75, 3.05) is 26.7 Å². The number of hydrogen-bond acceptors (Lipinski definition) is 7. The van der Waals surface area contributed by atoms with Crippen LogP contribution in [0.2, 0.25) is 0 Å². The summed E-state index contributed by atoms with van der Waals surface area (Å²) in [4.78, 5) is 14.5. The zero-order valence-corrected chi connectivity index (χ0v) is 18.1. The highest BCUT2D eigenvalue weighted by molar-refractivity contribution is 6.06. The van der Waals surface area contributed by atoms with Gasteiger partial charge in [-0.25, -0.2) is 0 Å². The lowest BCUT2D eigenvalue weighted by Crippen LogP contribution is -2.50. The van der Waals surface area contributed by atoms with Gasteiger partial charge < -0.3 is 31.7 Å². The Labute approximate surface area is 174 Å². The first kappa shape index (κ1) is 23.2. The lowest BCUT2D eigenvalue weighted by Gasteiger charge is -2.40. The molecular weight excluding hydrogens is 368 g/mol. The number of carbonyl (C=O) groups is 1. The van der Waals surface area contributed by atoms with Crippen LogP contribution in [-0.2, 0) is 9.53 Å². The summed E-state index contributed by atoms with van der Waals surface area (Å²) < 4.78 is 5.78. The van der Waals surface area contributed by atoms with Crippen LogP contribution < -0.4 is 22.1 Å². The predicted molar refractivity (Wildman–Crippen MR) is 116 cm³/mol. The predicted octanol–water partition coefficient (Wildman–Crippen LogP) is 1.39. The molecule has 0 spiro atoms. The van der Waals surface area contributed by atoms with E-state index in [4.69, 9.17) is 21.6 Å². The molecule has 1 aliphatic carbocycles. The van der Waals surface area contributed by atoms with Crippen molar-refractivity contribution in [3.63, 3.8) is 0 Å². The molecule has 0 aromatic carbocycles. The Bertz CT molecular complexity index is 635. The maximum absolute atomic E-state index is 12.5. The van der Waals surface area contributed by atoms with Gasteiger partial charge in [-0.15, -0.1) is 0 Å². The molecule has 164 valence electrons. The monoisotopic (exact) mass is 406 g/mol. The molecule has 1 saturated heterocycles. The molecule has 0 radical (unpaired) electrons. The molecule has 7 N–H and O–H groups in total. The van der Waals surface area contributed by atoms with Gasteiger partial charge in [-0.05, 0) is 39.2 Å². The van der Waals surface area contributed by atoms with E-state index in [2.05, 4.69) is 10.6 Å². The number of likely N-dealkylation sites (tertiary alicyclic amines) is 1. The molecule has 2 fully saturated rings. The van der Waals surface area contributed by atoms with Crippen molar-refractivity contribution in [3.8, 4) is 0 Å². The fraction of sp³-hybridized carbons (Fsp3) is 0.714. The molecule has 0 aromatic rings. The van der Waals surface area contributed by atoms with Crippen LogP contribution in [0.15, 0.2) is 23.2 Å². The van der Waals surface area contributed by atoms with Crippen LogP contribution in [-0.4, -0.2) is 55.5 Å². The lowest BCUT2D eigenvalue weighted by molar-refractivity contribution is -0.116. The number of allylic oxidation sites excluding steroid dienone is 1. The molecule has 2 aliphatic rings. The van der Waals surface area contributed by atoms with Gasteiger partial charge in [0.05, 0.1) is 17.5 Å². The second-order valence-electron chi connectivity index (χ2n) is 8.28. The Kier molecular flexibility index (Phi) is 8.98. The first-order valence-corrected chi connectivity index (χ1v) is 10.6. The van der Waals surface area contributed by atoms with Crippen molar-refractivity contribution in [1.29, 1.82) is 5.41 Å². The van der Waals surface area contributed by atoms with Gasteiger partial charge in [0.25, 0.3) is 5.91 Å². The standard InChI is InChI=1S/C21H38N6O2/c1-14(22)11-18(21(28)26-15(2)23)20(24)27-10-9-16(19(13-27)29-3)12-25-17-7-5-4-6-8-17/h11,16-17,19,25H,4-10,12-13,22,24H2,1-3H3,(H2,23,26,28)/b14-11-,20-18-/t16-,19-/m0/s1. The number of amidine groups is 1. The van der Waals surface area contributed by atoms with Crippen LogP contribution in [0.1, 0.15) is 52.4 Å². The maximum atomic E-state index is 12.5. The van der Waals surface area contributed by atoms with Crippen molar-refractivity contribution >= 4 is 11.7 Å². The molecular formula is C21H38N6O2. The number of nitrogens with zero attached hydrogens (tertiary/aromatic N) is 1. The van der Waals surface area contributed by atoms with E-state index in [0.717, 1.165) is 19.5 Å². The second kappa shape index (κ2) is 11.2. The van der Waals surface area contributed by atoms with Crippen LogP contribution in [0, 0.1) is 11.3 Å². The van der Waals surface area contributed by atoms with Crippen LogP contribution in [0.4, 0.5) is 0 Å². The number of amides is 1. The zero-order chi connectivity index (χ0) is 21.4.